The number of amides is 2. The third kappa shape index (κ3) is 4.78. The van der Waals surface area contributed by atoms with Crippen molar-refractivity contribution in [1.82, 2.24) is 15.5 Å². The molecule has 2 aliphatic heterocycles. The lowest BCUT2D eigenvalue weighted by Gasteiger charge is -2.35. The fourth-order valence-electron chi connectivity index (χ4n) is 3.74. The van der Waals surface area contributed by atoms with Crippen molar-refractivity contribution in [2.45, 2.75) is 32.4 Å². The van der Waals surface area contributed by atoms with Crippen LogP contribution in [0.5, 0.6) is 0 Å². The average Bonchev–Trinajstić information content (AvgIpc) is 3.02. The maximum Gasteiger partial charge on any atom is 0.309 e. The van der Waals surface area contributed by atoms with E-state index in [1.54, 1.807) is 0 Å². The third-order valence-electron chi connectivity index (χ3n) is 5.18. The Kier molecular flexibility index (Phi) is 6.34. The Morgan fingerprint density at radius 3 is 2.59 bits per heavy atom. The minimum Gasteiger partial charge on any atom is -0.379 e. The van der Waals surface area contributed by atoms with E-state index >= 15 is 0 Å². The lowest BCUT2D eigenvalue weighted by Crippen LogP contribution is -2.47. The molecule has 27 heavy (non-hydrogen) atoms. The van der Waals surface area contributed by atoms with Crippen molar-refractivity contribution in [3.8, 4) is 0 Å². The highest BCUT2D eigenvalue weighted by atomic mass is 16.5. The maximum absolute atomic E-state index is 12.2. The van der Waals surface area contributed by atoms with Crippen molar-refractivity contribution in [2.24, 2.45) is 0 Å². The van der Waals surface area contributed by atoms with E-state index in [2.05, 4.69) is 45.7 Å². The fraction of sp³-hybridized carbons (Fsp3) is 0.600. The van der Waals surface area contributed by atoms with Gasteiger partial charge in [-0.15, -0.1) is 0 Å². The molecule has 2 N–H and O–H groups in total. The van der Waals surface area contributed by atoms with Crippen molar-refractivity contribution in [3.05, 3.63) is 29.3 Å². The molecule has 3 rings (SSSR count). The molecular formula is C20H30N4O3. The molecule has 1 aromatic carbocycles. The van der Waals surface area contributed by atoms with Crippen LogP contribution in [-0.4, -0.2) is 69.2 Å². The second-order valence-corrected chi connectivity index (χ2v) is 7.56. The number of carbonyl (C=O) groups excluding carboxylic acids is 2. The lowest BCUT2D eigenvalue weighted by molar-refractivity contribution is -0.139. The zero-order valence-corrected chi connectivity index (χ0v) is 16.5. The van der Waals surface area contributed by atoms with E-state index in [1.807, 2.05) is 13.8 Å². The van der Waals surface area contributed by atoms with Crippen LogP contribution in [0.15, 0.2) is 18.2 Å². The van der Waals surface area contributed by atoms with E-state index in [-0.39, 0.29) is 12.1 Å². The summed E-state index contributed by atoms with van der Waals surface area (Å²) in [5.41, 5.74) is 3.80. The van der Waals surface area contributed by atoms with Crippen LogP contribution < -0.4 is 15.5 Å². The largest absolute Gasteiger partial charge is 0.379 e. The van der Waals surface area contributed by atoms with E-state index < -0.39 is 11.8 Å². The lowest BCUT2D eigenvalue weighted by atomic mass is 10.0. The standard InChI is InChI=1S/C20H30N4O3/c1-14(2)22-20(26)19(25)21-13-18(24-8-10-27-11-9-24)15-4-5-17-16(12-15)6-7-23(17)3/h4-5,12,14,18H,6-11,13H2,1-3H3,(H,21,25)(H,22,26)/t18-/m1/s1. The van der Waals surface area contributed by atoms with Crippen molar-refractivity contribution in [2.75, 3.05) is 51.3 Å². The Morgan fingerprint density at radius 1 is 1.15 bits per heavy atom. The number of nitrogens with one attached hydrogen (secondary N) is 2. The molecule has 148 valence electrons. The van der Waals surface area contributed by atoms with Gasteiger partial charge in [-0.25, -0.2) is 0 Å². The number of benzene rings is 1. The van der Waals surface area contributed by atoms with Gasteiger partial charge in [-0.05, 0) is 37.5 Å². The summed E-state index contributed by atoms with van der Waals surface area (Å²) in [6, 6.07) is 6.52. The first-order chi connectivity index (χ1) is 13.0. The first-order valence-corrected chi connectivity index (χ1v) is 9.70. The molecule has 1 saturated heterocycles. The molecule has 7 nitrogen and oxygen atoms in total. The summed E-state index contributed by atoms with van der Waals surface area (Å²) < 4.78 is 5.48. The predicted octanol–water partition coefficient (Wildman–Crippen LogP) is 0.693. The Morgan fingerprint density at radius 2 is 1.89 bits per heavy atom. The molecule has 1 atom stereocenters. The average molecular weight is 374 g/mol. The van der Waals surface area contributed by atoms with Gasteiger partial charge < -0.3 is 20.3 Å². The van der Waals surface area contributed by atoms with E-state index in [4.69, 9.17) is 4.74 Å². The molecule has 2 aliphatic rings. The second kappa shape index (κ2) is 8.71. The van der Waals surface area contributed by atoms with E-state index in [0.717, 1.165) is 26.1 Å². The van der Waals surface area contributed by atoms with Crippen molar-refractivity contribution < 1.29 is 14.3 Å². The van der Waals surface area contributed by atoms with Crippen LogP contribution in [0, 0.1) is 0 Å². The van der Waals surface area contributed by atoms with Crippen molar-refractivity contribution in [1.29, 1.82) is 0 Å². The van der Waals surface area contributed by atoms with Crippen LogP contribution in [0.2, 0.25) is 0 Å². The molecule has 0 bridgehead atoms. The molecule has 7 heteroatoms. The number of nitrogens with zero attached hydrogens (tertiary/aromatic N) is 2. The monoisotopic (exact) mass is 374 g/mol. The number of carbonyl (C=O) groups is 2. The Hall–Kier alpha value is -2.12. The number of ether oxygens (including phenoxy) is 1. The molecule has 0 radical (unpaired) electrons. The number of morpholine rings is 1. The Balaban J connectivity index is 1.73. The Bertz CT molecular complexity index is 686. The van der Waals surface area contributed by atoms with E-state index in [0.29, 0.717) is 19.8 Å². The van der Waals surface area contributed by atoms with Crippen molar-refractivity contribution >= 4 is 17.5 Å². The number of likely N-dealkylation sites (N-methyl/N-ethyl adjacent to an activating group) is 1. The van der Waals surface area contributed by atoms with Crippen LogP contribution in [0.3, 0.4) is 0 Å². The molecule has 0 spiro atoms. The highest BCUT2D eigenvalue weighted by molar-refractivity contribution is 6.35. The van der Waals surface area contributed by atoms with Crippen LogP contribution in [0.25, 0.3) is 0 Å². The maximum atomic E-state index is 12.2. The topological polar surface area (TPSA) is 73.9 Å². The smallest absolute Gasteiger partial charge is 0.309 e. The number of hydrogen-bond acceptors (Lipinski definition) is 5. The zero-order valence-electron chi connectivity index (χ0n) is 16.5. The van der Waals surface area contributed by atoms with E-state index in [1.165, 1.54) is 16.8 Å². The van der Waals surface area contributed by atoms with Gasteiger partial charge in [-0.1, -0.05) is 12.1 Å². The SMILES string of the molecule is CC(C)NC(=O)C(=O)NC[C@H](c1ccc2c(c1)CCN2C)N1CCOCC1. The molecule has 0 aliphatic carbocycles. The van der Waals surface area contributed by atoms with Gasteiger partial charge in [0.25, 0.3) is 0 Å². The first-order valence-electron chi connectivity index (χ1n) is 9.70. The fourth-order valence-corrected chi connectivity index (χ4v) is 3.74. The summed E-state index contributed by atoms with van der Waals surface area (Å²) in [5, 5.41) is 5.45. The van der Waals surface area contributed by atoms with Crippen molar-refractivity contribution in [3.63, 3.8) is 0 Å². The van der Waals surface area contributed by atoms with Crippen LogP contribution in [-0.2, 0) is 20.7 Å². The molecule has 0 saturated carbocycles. The minimum absolute atomic E-state index is 0.0286. The molecule has 2 amide bonds. The quantitative estimate of drug-likeness (QED) is 0.742. The van der Waals surface area contributed by atoms with Crippen LogP contribution >= 0.6 is 0 Å². The number of anilines is 1. The number of rotatable bonds is 5. The zero-order chi connectivity index (χ0) is 19.4. The van der Waals surface area contributed by atoms with Gasteiger partial charge in [0.2, 0.25) is 0 Å². The summed E-state index contributed by atoms with van der Waals surface area (Å²) in [6.07, 6.45) is 1.04. The number of hydrogen-bond donors (Lipinski definition) is 2. The van der Waals surface area contributed by atoms with Crippen LogP contribution in [0.4, 0.5) is 5.69 Å². The van der Waals surface area contributed by atoms with Gasteiger partial charge >= 0.3 is 11.8 Å². The van der Waals surface area contributed by atoms with E-state index in [9.17, 15) is 9.59 Å². The third-order valence-corrected chi connectivity index (χ3v) is 5.18. The van der Waals surface area contributed by atoms with Gasteiger partial charge in [0.1, 0.15) is 0 Å². The highest BCUT2D eigenvalue weighted by Gasteiger charge is 2.26. The highest BCUT2D eigenvalue weighted by Crippen LogP contribution is 2.31. The summed E-state index contributed by atoms with van der Waals surface area (Å²) in [6.45, 7) is 8.11. The summed E-state index contributed by atoms with van der Waals surface area (Å²) >= 11 is 0. The molecular weight excluding hydrogens is 344 g/mol. The molecule has 0 aromatic heterocycles. The van der Waals surface area contributed by atoms with Crippen LogP contribution in [0.1, 0.15) is 31.0 Å². The number of fused-ring (bicyclic) bond motifs is 1. The summed E-state index contributed by atoms with van der Waals surface area (Å²) in [7, 11) is 2.11. The molecule has 1 fully saturated rings. The molecule has 0 unspecified atom stereocenters. The first kappa shape index (κ1) is 19.6. The predicted molar refractivity (Wildman–Crippen MR) is 105 cm³/mol. The summed E-state index contributed by atoms with van der Waals surface area (Å²) in [5.74, 6) is -1.16. The normalized spacial score (nSPS) is 18.3. The van der Waals surface area contributed by atoms with Gasteiger partial charge in [0.05, 0.1) is 19.3 Å². The van der Waals surface area contributed by atoms with Gasteiger partial charge in [-0.3, -0.25) is 14.5 Å². The van der Waals surface area contributed by atoms with Gasteiger partial charge in [0, 0.05) is 45.0 Å². The van der Waals surface area contributed by atoms with Gasteiger partial charge in [-0.2, -0.15) is 0 Å². The molecule has 2 heterocycles. The molecule has 1 aromatic rings. The summed E-state index contributed by atoms with van der Waals surface area (Å²) in [4.78, 5) is 28.6. The second-order valence-electron chi connectivity index (χ2n) is 7.56. The van der Waals surface area contributed by atoms with Gasteiger partial charge in [0.15, 0.2) is 0 Å². The minimum atomic E-state index is -0.582. The Labute approximate surface area is 161 Å².